The molecule has 1 atom stereocenters. The van der Waals surface area contributed by atoms with Gasteiger partial charge in [0.05, 0.1) is 13.2 Å². The first kappa shape index (κ1) is 7.88. The van der Waals surface area contributed by atoms with Crippen LogP contribution in [0.1, 0.15) is 6.42 Å². The third kappa shape index (κ3) is 1.44. The van der Waals surface area contributed by atoms with Crippen LogP contribution in [-0.4, -0.2) is 42.2 Å². The summed E-state index contributed by atoms with van der Waals surface area (Å²) in [6, 6.07) is -0.352. The highest BCUT2D eigenvalue weighted by molar-refractivity contribution is 4.87. The second-order valence-corrected chi connectivity index (χ2v) is 2.81. The predicted octanol–water partition coefficient (Wildman–Crippen LogP) is 0.318. The summed E-state index contributed by atoms with van der Waals surface area (Å²) in [5, 5.41) is 8.59. The zero-order valence-corrected chi connectivity index (χ0v) is 5.85. The normalized spacial score (nSPS) is 33.0. The topological polar surface area (TPSA) is 23.5 Å². The molecule has 0 radical (unpaired) electrons. The highest BCUT2D eigenvalue weighted by Gasteiger charge is 2.42. The Bertz CT molecular complexity index is 129. The molecule has 0 aromatic rings. The van der Waals surface area contributed by atoms with Crippen molar-refractivity contribution in [1.82, 2.24) is 4.90 Å². The van der Waals surface area contributed by atoms with Crippen LogP contribution in [0.5, 0.6) is 0 Å². The number of aliphatic hydroxyl groups is 1. The van der Waals surface area contributed by atoms with Gasteiger partial charge in [-0.05, 0) is 7.05 Å². The van der Waals surface area contributed by atoms with Gasteiger partial charge in [0, 0.05) is 12.5 Å². The van der Waals surface area contributed by atoms with Crippen LogP contribution < -0.4 is 0 Å². The summed E-state index contributed by atoms with van der Waals surface area (Å²) in [5.41, 5.74) is 0. The lowest BCUT2D eigenvalue weighted by atomic mass is 10.2. The monoisotopic (exact) mass is 151 g/mol. The molecule has 0 aliphatic carbocycles. The van der Waals surface area contributed by atoms with Crippen LogP contribution in [0, 0.1) is 0 Å². The van der Waals surface area contributed by atoms with E-state index in [4.69, 9.17) is 5.11 Å². The van der Waals surface area contributed by atoms with E-state index in [-0.39, 0.29) is 25.6 Å². The van der Waals surface area contributed by atoms with E-state index in [1.807, 2.05) is 0 Å². The molecule has 10 heavy (non-hydrogen) atoms. The van der Waals surface area contributed by atoms with Crippen molar-refractivity contribution < 1.29 is 13.9 Å². The second kappa shape index (κ2) is 2.43. The van der Waals surface area contributed by atoms with Crippen molar-refractivity contribution in [2.75, 3.05) is 20.2 Å². The maximum Gasteiger partial charge on any atom is 0.262 e. The fourth-order valence-electron chi connectivity index (χ4n) is 1.26. The first-order valence-corrected chi connectivity index (χ1v) is 3.24. The molecule has 4 heteroatoms. The van der Waals surface area contributed by atoms with Crippen LogP contribution in [0.3, 0.4) is 0 Å². The molecule has 1 rings (SSSR count). The molecule has 0 saturated carbocycles. The molecule has 0 spiro atoms. The number of likely N-dealkylation sites (tertiary alicyclic amines) is 1. The average molecular weight is 151 g/mol. The van der Waals surface area contributed by atoms with Crippen molar-refractivity contribution in [3.63, 3.8) is 0 Å². The molecular formula is C6H11F2NO. The summed E-state index contributed by atoms with van der Waals surface area (Å²) >= 11 is 0. The van der Waals surface area contributed by atoms with E-state index < -0.39 is 5.92 Å². The Morgan fingerprint density at radius 2 is 2.30 bits per heavy atom. The Kier molecular flexibility index (Phi) is 1.92. The lowest BCUT2D eigenvalue weighted by Gasteiger charge is -2.14. The van der Waals surface area contributed by atoms with E-state index >= 15 is 0 Å². The fourth-order valence-corrected chi connectivity index (χ4v) is 1.26. The molecule has 2 nitrogen and oxygen atoms in total. The standard InChI is InChI=1S/C6H11F2NO/c1-9-4-6(7,8)2-5(9)3-10/h5,10H,2-4H2,1H3/t5-/m1/s1. The fraction of sp³-hybridized carbons (Fsp3) is 1.00. The van der Waals surface area contributed by atoms with Gasteiger partial charge in [-0.1, -0.05) is 0 Å². The Hall–Kier alpha value is -0.220. The van der Waals surface area contributed by atoms with Gasteiger partial charge in [0.1, 0.15) is 0 Å². The van der Waals surface area contributed by atoms with Gasteiger partial charge in [-0.25, -0.2) is 8.78 Å². The number of hydrogen-bond donors (Lipinski definition) is 1. The highest BCUT2D eigenvalue weighted by Crippen LogP contribution is 2.30. The molecule has 1 fully saturated rings. The quantitative estimate of drug-likeness (QED) is 0.583. The van der Waals surface area contributed by atoms with E-state index in [9.17, 15) is 8.78 Å². The highest BCUT2D eigenvalue weighted by atomic mass is 19.3. The zero-order chi connectivity index (χ0) is 7.78. The van der Waals surface area contributed by atoms with E-state index in [0.29, 0.717) is 0 Å². The Morgan fingerprint density at radius 3 is 2.50 bits per heavy atom. The first-order chi connectivity index (χ1) is 4.55. The van der Waals surface area contributed by atoms with Gasteiger partial charge in [0.2, 0.25) is 0 Å². The minimum atomic E-state index is -2.60. The van der Waals surface area contributed by atoms with Crippen LogP contribution >= 0.6 is 0 Å². The number of likely N-dealkylation sites (N-methyl/N-ethyl adjacent to an activating group) is 1. The smallest absolute Gasteiger partial charge is 0.262 e. The molecule has 0 amide bonds. The average Bonchev–Trinajstić information content (AvgIpc) is 2.05. The maximum atomic E-state index is 12.5. The molecule has 0 bridgehead atoms. The lowest BCUT2D eigenvalue weighted by Crippen LogP contribution is -2.28. The molecule has 1 aliphatic rings. The Balaban J connectivity index is 2.52. The summed E-state index contributed by atoms with van der Waals surface area (Å²) in [6.45, 7) is -0.398. The molecule has 1 N–H and O–H groups in total. The van der Waals surface area contributed by atoms with Crippen molar-refractivity contribution in [2.45, 2.75) is 18.4 Å². The van der Waals surface area contributed by atoms with Crippen molar-refractivity contribution in [3.05, 3.63) is 0 Å². The number of rotatable bonds is 1. The van der Waals surface area contributed by atoms with Crippen LogP contribution in [0.15, 0.2) is 0 Å². The first-order valence-electron chi connectivity index (χ1n) is 3.24. The number of nitrogens with zero attached hydrogens (tertiary/aromatic N) is 1. The summed E-state index contributed by atoms with van der Waals surface area (Å²) in [6.07, 6.45) is -0.208. The molecule has 1 saturated heterocycles. The van der Waals surface area contributed by atoms with E-state index in [0.717, 1.165) is 0 Å². The summed E-state index contributed by atoms with van der Waals surface area (Å²) < 4.78 is 25.0. The molecular weight excluding hydrogens is 140 g/mol. The van der Waals surface area contributed by atoms with Gasteiger partial charge in [0.15, 0.2) is 0 Å². The molecule has 0 aromatic heterocycles. The van der Waals surface area contributed by atoms with Gasteiger partial charge in [-0.3, -0.25) is 4.90 Å². The molecule has 60 valence electrons. The van der Waals surface area contributed by atoms with Gasteiger partial charge in [0.25, 0.3) is 5.92 Å². The number of aliphatic hydroxyl groups excluding tert-OH is 1. The summed E-state index contributed by atoms with van der Waals surface area (Å²) in [4.78, 5) is 1.49. The summed E-state index contributed by atoms with van der Waals surface area (Å²) in [5.74, 6) is -2.60. The van der Waals surface area contributed by atoms with Crippen molar-refractivity contribution in [2.24, 2.45) is 0 Å². The molecule has 1 aliphatic heterocycles. The van der Waals surface area contributed by atoms with Gasteiger partial charge in [-0.2, -0.15) is 0 Å². The molecule has 1 heterocycles. The largest absolute Gasteiger partial charge is 0.395 e. The van der Waals surface area contributed by atoms with Gasteiger partial charge < -0.3 is 5.11 Å². The predicted molar refractivity (Wildman–Crippen MR) is 33.1 cm³/mol. The van der Waals surface area contributed by atoms with E-state index in [1.54, 1.807) is 7.05 Å². The van der Waals surface area contributed by atoms with E-state index in [1.165, 1.54) is 4.90 Å². The Morgan fingerprint density at radius 1 is 1.70 bits per heavy atom. The second-order valence-electron chi connectivity index (χ2n) is 2.81. The number of halogens is 2. The van der Waals surface area contributed by atoms with Crippen molar-refractivity contribution >= 4 is 0 Å². The third-order valence-corrected chi connectivity index (χ3v) is 1.85. The molecule has 0 aromatic carbocycles. The third-order valence-electron chi connectivity index (χ3n) is 1.85. The van der Waals surface area contributed by atoms with Crippen LogP contribution in [0.2, 0.25) is 0 Å². The van der Waals surface area contributed by atoms with Crippen LogP contribution in [0.25, 0.3) is 0 Å². The van der Waals surface area contributed by atoms with E-state index in [2.05, 4.69) is 0 Å². The van der Waals surface area contributed by atoms with Gasteiger partial charge in [-0.15, -0.1) is 0 Å². The summed E-state index contributed by atoms with van der Waals surface area (Å²) in [7, 11) is 1.60. The Labute approximate surface area is 58.4 Å². The number of alkyl halides is 2. The molecule has 0 unspecified atom stereocenters. The maximum absolute atomic E-state index is 12.5. The van der Waals surface area contributed by atoms with Crippen LogP contribution in [-0.2, 0) is 0 Å². The van der Waals surface area contributed by atoms with Crippen molar-refractivity contribution in [3.8, 4) is 0 Å². The number of hydrogen-bond acceptors (Lipinski definition) is 2. The zero-order valence-electron chi connectivity index (χ0n) is 5.85. The van der Waals surface area contributed by atoms with Crippen molar-refractivity contribution in [1.29, 1.82) is 0 Å². The minimum Gasteiger partial charge on any atom is -0.395 e. The SMILES string of the molecule is CN1CC(F)(F)C[C@@H]1CO. The van der Waals surface area contributed by atoms with Gasteiger partial charge >= 0.3 is 0 Å². The minimum absolute atomic E-state index is 0.175. The van der Waals surface area contributed by atoms with Crippen LogP contribution in [0.4, 0.5) is 8.78 Å². The lowest BCUT2D eigenvalue weighted by molar-refractivity contribution is 0.0136.